The molecule has 5 nitrogen and oxygen atoms in total. The van der Waals surface area contributed by atoms with E-state index in [4.69, 9.17) is 15.0 Å². The van der Waals surface area contributed by atoms with E-state index in [0.717, 1.165) is 0 Å². The molecule has 0 aliphatic heterocycles. The molecule has 2 rings (SSSR count). The van der Waals surface area contributed by atoms with E-state index in [1.165, 1.54) is 32.1 Å². The predicted molar refractivity (Wildman–Crippen MR) is 68.0 cm³/mol. The largest absolute Gasteiger partial charge is 0.381 e. The zero-order valence-corrected chi connectivity index (χ0v) is 11.3. The third-order valence-corrected chi connectivity index (χ3v) is 3.80. The van der Waals surface area contributed by atoms with E-state index in [1.54, 1.807) is 7.11 Å². The van der Waals surface area contributed by atoms with Gasteiger partial charge in [0.05, 0.1) is 12.1 Å². The third-order valence-electron chi connectivity index (χ3n) is 3.80. The third kappa shape index (κ3) is 3.29. The molecule has 1 aromatic heterocycles. The molecule has 102 valence electrons. The van der Waals surface area contributed by atoms with Gasteiger partial charge in [-0.25, -0.2) is 0 Å². The molecule has 1 fully saturated rings. The molecule has 5 heteroatoms. The summed E-state index contributed by atoms with van der Waals surface area (Å²) in [7, 11) is 1.68. The first-order valence-electron chi connectivity index (χ1n) is 6.81. The highest BCUT2D eigenvalue weighted by atomic mass is 16.5. The van der Waals surface area contributed by atoms with Crippen molar-refractivity contribution < 1.29 is 9.26 Å². The molecule has 1 aliphatic rings. The topological polar surface area (TPSA) is 74.2 Å². The van der Waals surface area contributed by atoms with Gasteiger partial charge in [-0.2, -0.15) is 4.98 Å². The van der Waals surface area contributed by atoms with Crippen molar-refractivity contribution in [2.75, 3.05) is 7.11 Å². The molecule has 0 amide bonds. The Labute approximate surface area is 108 Å². The highest BCUT2D eigenvalue weighted by Crippen LogP contribution is 2.32. The summed E-state index contributed by atoms with van der Waals surface area (Å²) in [5.74, 6) is 1.76. The van der Waals surface area contributed by atoms with Gasteiger partial charge in [0, 0.05) is 13.5 Å². The average Bonchev–Trinajstić information content (AvgIpc) is 2.87. The zero-order chi connectivity index (χ0) is 13.0. The molecule has 0 radical (unpaired) electrons. The molecule has 0 saturated heterocycles. The van der Waals surface area contributed by atoms with E-state index in [9.17, 15) is 0 Å². The highest BCUT2D eigenvalue weighted by Gasteiger charge is 2.26. The molecule has 2 atom stereocenters. The minimum absolute atomic E-state index is 0.0985. The van der Waals surface area contributed by atoms with Crippen LogP contribution in [-0.2, 0) is 11.2 Å². The summed E-state index contributed by atoms with van der Waals surface area (Å²) < 4.78 is 10.5. The number of hydrogen-bond donors (Lipinski definition) is 1. The number of ether oxygens (including phenoxy) is 1. The van der Waals surface area contributed by atoms with Crippen LogP contribution in [0.25, 0.3) is 0 Å². The van der Waals surface area contributed by atoms with Crippen LogP contribution >= 0.6 is 0 Å². The maximum Gasteiger partial charge on any atom is 0.243 e. The molecule has 18 heavy (non-hydrogen) atoms. The molecule has 2 N–H and O–H groups in total. The molecule has 2 unspecified atom stereocenters. The summed E-state index contributed by atoms with van der Waals surface area (Å²) in [6, 6.07) is -0.107. The van der Waals surface area contributed by atoms with Crippen molar-refractivity contribution in [3.63, 3.8) is 0 Å². The second-order valence-corrected chi connectivity index (χ2v) is 5.22. The van der Waals surface area contributed by atoms with E-state index in [-0.39, 0.29) is 12.1 Å². The van der Waals surface area contributed by atoms with Gasteiger partial charge in [-0.3, -0.25) is 0 Å². The van der Waals surface area contributed by atoms with E-state index >= 15 is 0 Å². The van der Waals surface area contributed by atoms with Crippen LogP contribution in [0.15, 0.2) is 4.52 Å². The standard InChI is InChI=1S/C13H23N3O2/c1-9(17-2)8-11-15-13(18-16-11)12(14)10-6-4-3-5-7-10/h9-10,12H,3-8,14H2,1-2H3. The van der Waals surface area contributed by atoms with Crippen LogP contribution in [0.3, 0.4) is 0 Å². The molecular formula is C13H23N3O2. The van der Waals surface area contributed by atoms with E-state index in [0.29, 0.717) is 24.1 Å². The average molecular weight is 253 g/mol. The number of hydrogen-bond acceptors (Lipinski definition) is 5. The Morgan fingerprint density at radius 1 is 1.39 bits per heavy atom. The summed E-state index contributed by atoms with van der Waals surface area (Å²) in [6.45, 7) is 1.98. The lowest BCUT2D eigenvalue weighted by molar-refractivity contribution is 0.116. The van der Waals surface area contributed by atoms with Gasteiger partial charge in [0.15, 0.2) is 5.82 Å². The van der Waals surface area contributed by atoms with Gasteiger partial charge in [-0.05, 0) is 25.7 Å². The molecule has 1 saturated carbocycles. The van der Waals surface area contributed by atoms with Gasteiger partial charge in [0.2, 0.25) is 5.89 Å². The first-order valence-corrected chi connectivity index (χ1v) is 6.81. The molecule has 0 spiro atoms. The van der Waals surface area contributed by atoms with Gasteiger partial charge in [-0.1, -0.05) is 24.4 Å². The van der Waals surface area contributed by atoms with Crippen LogP contribution < -0.4 is 5.73 Å². The van der Waals surface area contributed by atoms with Crippen molar-refractivity contribution in [2.24, 2.45) is 11.7 Å². The predicted octanol–water partition coefficient (Wildman–Crippen LogP) is 2.23. The summed E-state index contributed by atoms with van der Waals surface area (Å²) in [5, 5.41) is 3.97. The molecule has 1 aliphatic carbocycles. The second kappa shape index (κ2) is 6.29. The normalized spacial score (nSPS) is 20.8. The van der Waals surface area contributed by atoms with Crippen LogP contribution in [0.5, 0.6) is 0 Å². The van der Waals surface area contributed by atoms with Crippen LogP contribution in [0, 0.1) is 5.92 Å². The summed E-state index contributed by atoms with van der Waals surface area (Å²) in [5.41, 5.74) is 6.22. The van der Waals surface area contributed by atoms with Crippen LogP contribution in [0.4, 0.5) is 0 Å². The monoisotopic (exact) mass is 253 g/mol. The lowest BCUT2D eigenvalue weighted by atomic mass is 9.84. The van der Waals surface area contributed by atoms with Crippen molar-refractivity contribution in [1.82, 2.24) is 10.1 Å². The maximum absolute atomic E-state index is 6.22. The molecule has 1 aromatic rings. The van der Waals surface area contributed by atoms with Gasteiger partial charge in [-0.15, -0.1) is 0 Å². The zero-order valence-electron chi connectivity index (χ0n) is 11.3. The Morgan fingerprint density at radius 2 is 2.11 bits per heavy atom. The van der Waals surface area contributed by atoms with Gasteiger partial charge >= 0.3 is 0 Å². The van der Waals surface area contributed by atoms with Gasteiger partial charge < -0.3 is 15.0 Å². The van der Waals surface area contributed by atoms with Crippen LogP contribution in [0.1, 0.15) is 56.8 Å². The first kappa shape index (κ1) is 13.5. The van der Waals surface area contributed by atoms with Crippen molar-refractivity contribution >= 4 is 0 Å². The van der Waals surface area contributed by atoms with Crippen LogP contribution in [-0.4, -0.2) is 23.4 Å². The molecule has 0 aromatic carbocycles. The number of methoxy groups -OCH3 is 1. The Hall–Kier alpha value is -0.940. The SMILES string of the molecule is COC(C)Cc1noc(C(N)C2CCCCC2)n1. The highest BCUT2D eigenvalue weighted by molar-refractivity contribution is 4.96. The summed E-state index contributed by atoms with van der Waals surface area (Å²) in [6.07, 6.45) is 6.96. The minimum atomic E-state index is -0.107. The molecular weight excluding hydrogens is 230 g/mol. The Balaban J connectivity index is 1.95. The summed E-state index contributed by atoms with van der Waals surface area (Å²) in [4.78, 5) is 4.39. The second-order valence-electron chi connectivity index (χ2n) is 5.22. The lowest BCUT2D eigenvalue weighted by Crippen LogP contribution is -2.24. The summed E-state index contributed by atoms with van der Waals surface area (Å²) >= 11 is 0. The van der Waals surface area contributed by atoms with Gasteiger partial charge in [0.25, 0.3) is 0 Å². The smallest absolute Gasteiger partial charge is 0.243 e. The number of rotatable bonds is 5. The number of aromatic nitrogens is 2. The minimum Gasteiger partial charge on any atom is -0.381 e. The number of nitrogens with two attached hydrogens (primary N) is 1. The fourth-order valence-electron chi connectivity index (χ4n) is 2.52. The van der Waals surface area contributed by atoms with Crippen molar-refractivity contribution in [3.8, 4) is 0 Å². The molecule has 1 heterocycles. The Morgan fingerprint density at radius 3 is 2.78 bits per heavy atom. The first-order chi connectivity index (χ1) is 8.70. The quantitative estimate of drug-likeness (QED) is 0.871. The van der Waals surface area contributed by atoms with E-state index in [2.05, 4.69) is 10.1 Å². The van der Waals surface area contributed by atoms with Crippen molar-refractivity contribution in [2.45, 2.75) is 57.6 Å². The van der Waals surface area contributed by atoms with E-state index in [1.807, 2.05) is 6.92 Å². The maximum atomic E-state index is 6.22. The Kier molecular flexibility index (Phi) is 4.72. The lowest BCUT2D eigenvalue weighted by Gasteiger charge is -2.24. The van der Waals surface area contributed by atoms with Crippen molar-refractivity contribution in [3.05, 3.63) is 11.7 Å². The fourth-order valence-corrected chi connectivity index (χ4v) is 2.52. The van der Waals surface area contributed by atoms with E-state index < -0.39 is 0 Å². The van der Waals surface area contributed by atoms with Crippen molar-refractivity contribution in [1.29, 1.82) is 0 Å². The number of nitrogens with zero attached hydrogens (tertiary/aromatic N) is 2. The fraction of sp³-hybridized carbons (Fsp3) is 0.846. The van der Waals surface area contributed by atoms with Gasteiger partial charge in [0.1, 0.15) is 0 Å². The Bertz CT molecular complexity index is 361. The molecule has 0 bridgehead atoms. The van der Waals surface area contributed by atoms with Crippen LogP contribution in [0.2, 0.25) is 0 Å².